The lowest BCUT2D eigenvalue weighted by atomic mass is 9.67. The number of benzene rings is 9. The molecule has 2 aliphatic carbocycles. The average Bonchev–Trinajstić information content (AvgIpc) is 3.77. The second-order valence-corrected chi connectivity index (χ2v) is 17.2. The summed E-state index contributed by atoms with van der Waals surface area (Å²) in [6.07, 6.45) is 0. The maximum atomic E-state index is 5.44. The molecular formula is C60H42N2. The van der Waals surface area contributed by atoms with Gasteiger partial charge in [0.2, 0.25) is 0 Å². The molecule has 0 bridgehead atoms. The molecular weight excluding hydrogens is 749 g/mol. The van der Waals surface area contributed by atoms with Gasteiger partial charge in [-0.2, -0.15) is 0 Å². The molecule has 0 unspecified atom stereocenters. The molecule has 9 aromatic carbocycles. The van der Waals surface area contributed by atoms with E-state index in [0.29, 0.717) is 5.82 Å². The van der Waals surface area contributed by atoms with Gasteiger partial charge in [-0.15, -0.1) is 0 Å². The van der Waals surface area contributed by atoms with Crippen LogP contribution in [0.4, 0.5) is 0 Å². The Bertz CT molecular complexity index is 3330. The molecule has 0 fully saturated rings. The zero-order valence-electron chi connectivity index (χ0n) is 34.7. The number of aromatic nitrogens is 2. The van der Waals surface area contributed by atoms with Crippen molar-refractivity contribution in [1.82, 2.24) is 9.97 Å². The van der Waals surface area contributed by atoms with E-state index in [-0.39, 0.29) is 5.41 Å². The summed E-state index contributed by atoms with van der Waals surface area (Å²) in [5.74, 6) is 0.711. The standard InChI is InChI=1S/C60H42N2/c1-59(2)51-30-16-14-27-46(51)47-34-33-40(37-54(47)59)56-38-55(39-19-6-3-7-20-39)61-58(62-56)49-36-35-45(43-25-12-13-26-44(43)49)48-29-18-32-53-57(48)50-28-15-17-31-52(50)60(53,41-21-8-4-9-22-41)42-23-10-5-11-24-42/h3-38H,1-2H3. The molecule has 2 aliphatic rings. The third-order valence-electron chi connectivity index (χ3n) is 13.6. The van der Waals surface area contributed by atoms with Crippen molar-refractivity contribution in [3.63, 3.8) is 0 Å². The van der Waals surface area contributed by atoms with Crippen LogP contribution in [0.5, 0.6) is 0 Å². The van der Waals surface area contributed by atoms with E-state index in [1.807, 2.05) is 0 Å². The molecule has 0 spiro atoms. The van der Waals surface area contributed by atoms with Crippen LogP contribution < -0.4 is 0 Å². The minimum absolute atomic E-state index is 0.119. The van der Waals surface area contributed by atoms with Crippen LogP contribution in [0.2, 0.25) is 0 Å². The van der Waals surface area contributed by atoms with E-state index in [4.69, 9.17) is 9.97 Å². The summed E-state index contributed by atoms with van der Waals surface area (Å²) in [6, 6.07) is 79.6. The first kappa shape index (κ1) is 36.2. The van der Waals surface area contributed by atoms with E-state index in [2.05, 4.69) is 232 Å². The van der Waals surface area contributed by atoms with E-state index in [0.717, 1.165) is 33.5 Å². The second kappa shape index (κ2) is 13.9. The zero-order valence-corrected chi connectivity index (χ0v) is 34.7. The molecule has 0 saturated carbocycles. The molecule has 2 nitrogen and oxygen atoms in total. The summed E-state index contributed by atoms with van der Waals surface area (Å²) >= 11 is 0. The van der Waals surface area contributed by atoms with Crippen molar-refractivity contribution in [1.29, 1.82) is 0 Å². The van der Waals surface area contributed by atoms with Gasteiger partial charge in [0, 0.05) is 22.1 Å². The number of rotatable bonds is 6. The highest BCUT2D eigenvalue weighted by Crippen LogP contribution is 2.59. The van der Waals surface area contributed by atoms with Crippen LogP contribution in [0.15, 0.2) is 218 Å². The van der Waals surface area contributed by atoms with Crippen molar-refractivity contribution in [3.8, 4) is 67.3 Å². The quantitative estimate of drug-likeness (QED) is 0.168. The number of hydrogen-bond acceptors (Lipinski definition) is 2. The molecule has 62 heavy (non-hydrogen) atoms. The predicted molar refractivity (Wildman–Crippen MR) is 256 cm³/mol. The second-order valence-electron chi connectivity index (χ2n) is 17.2. The Morgan fingerprint density at radius 2 is 0.823 bits per heavy atom. The van der Waals surface area contributed by atoms with Crippen LogP contribution in [0.3, 0.4) is 0 Å². The maximum Gasteiger partial charge on any atom is 0.161 e. The van der Waals surface area contributed by atoms with Crippen molar-refractivity contribution in [2.45, 2.75) is 24.7 Å². The zero-order chi connectivity index (χ0) is 41.4. The lowest BCUT2D eigenvalue weighted by molar-refractivity contribution is 0.660. The number of nitrogens with zero attached hydrogens (tertiary/aromatic N) is 2. The topological polar surface area (TPSA) is 25.8 Å². The third kappa shape index (κ3) is 5.29. The van der Waals surface area contributed by atoms with Crippen LogP contribution >= 0.6 is 0 Å². The van der Waals surface area contributed by atoms with E-state index >= 15 is 0 Å². The Hall–Kier alpha value is -7.68. The fraction of sp³-hybridized carbons (Fsp3) is 0.0667. The van der Waals surface area contributed by atoms with E-state index in [1.165, 1.54) is 72.1 Å². The van der Waals surface area contributed by atoms with Crippen LogP contribution in [0.1, 0.15) is 47.2 Å². The molecule has 2 heteroatoms. The fourth-order valence-electron chi connectivity index (χ4n) is 10.8. The Morgan fingerprint density at radius 3 is 1.53 bits per heavy atom. The van der Waals surface area contributed by atoms with Crippen molar-refractivity contribution in [2.24, 2.45) is 0 Å². The van der Waals surface area contributed by atoms with Crippen LogP contribution in [-0.4, -0.2) is 9.97 Å². The largest absolute Gasteiger partial charge is 0.228 e. The Morgan fingerprint density at radius 1 is 0.323 bits per heavy atom. The summed E-state index contributed by atoms with van der Waals surface area (Å²) in [4.78, 5) is 10.8. The number of fused-ring (bicyclic) bond motifs is 7. The Balaban J connectivity index is 1.06. The molecule has 0 amide bonds. The minimum atomic E-state index is -0.474. The van der Waals surface area contributed by atoms with Gasteiger partial charge in [-0.1, -0.05) is 214 Å². The van der Waals surface area contributed by atoms with Crippen LogP contribution in [0.25, 0.3) is 78.1 Å². The van der Waals surface area contributed by atoms with Gasteiger partial charge >= 0.3 is 0 Å². The van der Waals surface area contributed by atoms with Crippen molar-refractivity contribution in [3.05, 3.63) is 252 Å². The highest BCUT2D eigenvalue weighted by atomic mass is 14.9. The fourth-order valence-corrected chi connectivity index (χ4v) is 10.8. The predicted octanol–water partition coefficient (Wildman–Crippen LogP) is 15.0. The van der Waals surface area contributed by atoms with Crippen molar-refractivity contribution >= 4 is 10.8 Å². The first-order valence-corrected chi connectivity index (χ1v) is 21.6. The van der Waals surface area contributed by atoms with E-state index < -0.39 is 5.41 Å². The maximum absolute atomic E-state index is 5.44. The van der Waals surface area contributed by atoms with Gasteiger partial charge in [0.05, 0.1) is 16.8 Å². The van der Waals surface area contributed by atoms with Gasteiger partial charge in [-0.25, -0.2) is 9.97 Å². The molecule has 0 saturated heterocycles. The summed E-state index contributed by atoms with van der Waals surface area (Å²) < 4.78 is 0. The molecule has 292 valence electrons. The Labute approximate surface area is 362 Å². The van der Waals surface area contributed by atoms with Gasteiger partial charge < -0.3 is 0 Å². The van der Waals surface area contributed by atoms with Gasteiger partial charge in [-0.05, 0) is 95.7 Å². The monoisotopic (exact) mass is 790 g/mol. The first-order chi connectivity index (χ1) is 30.5. The molecule has 1 heterocycles. The Kier molecular flexibility index (Phi) is 8.14. The average molecular weight is 791 g/mol. The van der Waals surface area contributed by atoms with Gasteiger partial charge in [0.15, 0.2) is 5.82 Å². The molecule has 0 radical (unpaired) electrons. The summed E-state index contributed by atoms with van der Waals surface area (Å²) in [7, 11) is 0. The normalized spacial score (nSPS) is 13.9. The lowest BCUT2D eigenvalue weighted by Crippen LogP contribution is -2.28. The minimum Gasteiger partial charge on any atom is -0.228 e. The molecule has 10 aromatic rings. The van der Waals surface area contributed by atoms with Gasteiger partial charge in [0.25, 0.3) is 0 Å². The van der Waals surface area contributed by atoms with Crippen LogP contribution in [0, 0.1) is 0 Å². The SMILES string of the molecule is CC1(C)c2ccccc2-c2ccc(-c3cc(-c4ccccc4)nc(-c4ccc(-c5cccc6c5-c5ccccc5C6(c5ccccc5)c5ccccc5)c5ccccc45)n3)cc21. The summed E-state index contributed by atoms with van der Waals surface area (Å²) in [5.41, 5.74) is 19.8. The molecule has 0 aliphatic heterocycles. The van der Waals surface area contributed by atoms with Crippen molar-refractivity contribution in [2.75, 3.05) is 0 Å². The molecule has 0 N–H and O–H groups in total. The number of hydrogen-bond donors (Lipinski definition) is 0. The summed E-state index contributed by atoms with van der Waals surface area (Å²) in [6.45, 7) is 4.67. The van der Waals surface area contributed by atoms with E-state index in [9.17, 15) is 0 Å². The van der Waals surface area contributed by atoms with Crippen LogP contribution in [-0.2, 0) is 10.8 Å². The van der Waals surface area contributed by atoms with E-state index in [1.54, 1.807) is 0 Å². The molecule has 12 rings (SSSR count). The molecule has 1 aromatic heterocycles. The highest BCUT2D eigenvalue weighted by Gasteiger charge is 2.47. The van der Waals surface area contributed by atoms with Gasteiger partial charge in [0.1, 0.15) is 0 Å². The lowest BCUT2D eigenvalue weighted by Gasteiger charge is -2.34. The first-order valence-electron chi connectivity index (χ1n) is 21.6. The third-order valence-corrected chi connectivity index (χ3v) is 13.6. The highest BCUT2D eigenvalue weighted by molar-refractivity contribution is 6.08. The van der Waals surface area contributed by atoms with Crippen molar-refractivity contribution < 1.29 is 0 Å². The smallest absolute Gasteiger partial charge is 0.161 e. The van der Waals surface area contributed by atoms with Gasteiger partial charge in [-0.3, -0.25) is 0 Å². The summed E-state index contributed by atoms with van der Waals surface area (Å²) in [5, 5.41) is 2.29. The molecule has 0 atom stereocenters.